The predicted molar refractivity (Wildman–Crippen MR) is 98.8 cm³/mol. The van der Waals surface area contributed by atoms with E-state index in [1.807, 2.05) is 47.6 Å². The van der Waals surface area contributed by atoms with Gasteiger partial charge < -0.3 is 0 Å². The number of amides is 1. The average molecular weight is 353 g/mol. The molecule has 134 valence electrons. The summed E-state index contributed by atoms with van der Waals surface area (Å²) in [6, 6.07) is 5.43. The molecule has 1 N–H and O–H groups in total. The summed E-state index contributed by atoms with van der Waals surface area (Å²) in [6.45, 7) is 11.2. The largest absolute Gasteiger partial charge is 0.271 e. The second-order valence-corrected chi connectivity index (χ2v) is 9.00. The lowest BCUT2D eigenvalue weighted by molar-refractivity contribution is -0.119. The summed E-state index contributed by atoms with van der Waals surface area (Å²) in [4.78, 5) is 12.2. The molecule has 0 aliphatic heterocycles. The van der Waals surface area contributed by atoms with E-state index in [9.17, 15) is 13.2 Å². The molecule has 0 spiro atoms. The topological polar surface area (TPSA) is 78.8 Å². The van der Waals surface area contributed by atoms with Crippen LogP contribution in [0, 0.1) is 19.3 Å². The van der Waals surface area contributed by atoms with E-state index in [0.717, 1.165) is 27.4 Å². The molecule has 0 aliphatic carbocycles. The number of nitrogens with one attached hydrogen (secondary N) is 1. The summed E-state index contributed by atoms with van der Waals surface area (Å²) >= 11 is 0. The number of sulfonamides is 1. The molecule has 0 heterocycles. The first-order chi connectivity index (χ1) is 10.8. The Balaban J connectivity index is 3.02. The Bertz CT molecular complexity index is 727. The zero-order valence-electron chi connectivity index (χ0n) is 15.5. The molecule has 1 rings (SSSR count). The van der Waals surface area contributed by atoms with Crippen LogP contribution in [0.4, 0.5) is 5.69 Å². The number of carbonyl (C=O) groups is 1. The minimum Gasteiger partial charge on any atom is -0.271 e. The second-order valence-electron chi connectivity index (χ2n) is 7.10. The van der Waals surface area contributed by atoms with Crippen LogP contribution in [0.2, 0.25) is 0 Å². The summed E-state index contributed by atoms with van der Waals surface area (Å²) in [5.41, 5.74) is 5.36. The first-order valence-electron chi connectivity index (χ1n) is 7.70. The van der Waals surface area contributed by atoms with Gasteiger partial charge in [0.1, 0.15) is 6.54 Å². The molecule has 0 atom stereocenters. The van der Waals surface area contributed by atoms with E-state index in [0.29, 0.717) is 5.69 Å². The Morgan fingerprint density at radius 2 is 1.67 bits per heavy atom. The van der Waals surface area contributed by atoms with Crippen molar-refractivity contribution >= 4 is 27.3 Å². The van der Waals surface area contributed by atoms with Gasteiger partial charge in [-0.3, -0.25) is 9.10 Å². The summed E-state index contributed by atoms with van der Waals surface area (Å²) in [7, 11) is -3.59. The van der Waals surface area contributed by atoms with Crippen LogP contribution in [0.1, 0.15) is 38.8 Å². The third-order valence-corrected chi connectivity index (χ3v) is 4.76. The number of nitrogens with zero attached hydrogens (tertiary/aromatic N) is 2. The monoisotopic (exact) mass is 353 g/mol. The lowest BCUT2D eigenvalue weighted by atomic mass is 9.91. The summed E-state index contributed by atoms with van der Waals surface area (Å²) < 4.78 is 25.3. The molecule has 0 bridgehead atoms. The molecule has 1 aromatic carbocycles. The molecule has 0 aromatic heterocycles. The molecule has 1 aromatic rings. The van der Waals surface area contributed by atoms with Crippen molar-refractivity contribution in [3.63, 3.8) is 0 Å². The van der Waals surface area contributed by atoms with Crippen molar-refractivity contribution in [2.45, 2.75) is 41.5 Å². The maximum absolute atomic E-state index is 12.2. The lowest BCUT2D eigenvalue weighted by Gasteiger charge is -2.23. The summed E-state index contributed by atoms with van der Waals surface area (Å²) in [5, 5.41) is 4.05. The molecule has 6 nitrogen and oxygen atoms in total. The van der Waals surface area contributed by atoms with Crippen molar-refractivity contribution in [1.29, 1.82) is 0 Å². The molecule has 0 fully saturated rings. The third kappa shape index (κ3) is 5.96. The fourth-order valence-corrected chi connectivity index (χ4v) is 2.81. The molecular formula is C17H27N3O3S. The molecule has 0 radical (unpaired) electrons. The maximum atomic E-state index is 12.2. The van der Waals surface area contributed by atoms with Crippen LogP contribution in [-0.4, -0.2) is 32.8 Å². The Kier molecular flexibility index (Phi) is 6.16. The molecule has 7 heteroatoms. The summed E-state index contributed by atoms with van der Waals surface area (Å²) in [5.74, 6) is -0.483. The number of anilines is 1. The molecule has 1 amide bonds. The number of benzene rings is 1. The van der Waals surface area contributed by atoms with Crippen molar-refractivity contribution in [2.24, 2.45) is 10.5 Å². The predicted octanol–water partition coefficient (Wildman–Crippen LogP) is 2.61. The highest BCUT2D eigenvalue weighted by Crippen LogP contribution is 2.21. The van der Waals surface area contributed by atoms with Crippen LogP contribution >= 0.6 is 0 Å². The van der Waals surface area contributed by atoms with Gasteiger partial charge in [-0.15, -0.1) is 0 Å². The fraction of sp³-hybridized carbons (Fsp3) is 0.529. The van der Waals surface area contributed by atoms with Gasteiger partial charge in [-0.25, -0.2) is 13.8 Å². The van der Waals surface area contributed by atoms with Crippen molar-refractivity contribution in [1.82, 2.24) is 5.43 Å². The maximum Gasteiger partial charge on any atom is 0.260 e. The zero-order chi connectivity index (χ0) is 18.7. The minimum absolute atomic E-state index is 0.169. The van der Waals surface area contributed by atoms with Gasteiger partial charge in [-0.05, 0) is 44.0 Å². The molecule has 0 aliphatic rings. The molecule has 0 saturated heterocycles. The van der Waals surface area contributed by atoms with Crippen molar-refractivity contribution in [2.75, 3.05) is 17.1 Å². The van der Waals surface area contributed by atoms with Gasteiger partial charge >= 0.3 is 0 Å². The number of hydrazone groups is 1. The van der Waals surface area contributed by atoms with Crippen molar-refractivity contribution in [3.8, 4) is 0 Å². The minimum atomic E-state index is -3.59. The van der Waals surface area contributed by atoms with E-state index in [2.05, 4.69) is 10.5 Å². The Hall–Kier alpha value is -1.89. The van der Waals surface area contributed by atoms with Gasteiger partial charge in [0.15, 0.2) is 0 Å². The van der Waals surface area contributed by atoms with Gasteiger partial charge in [0, 0.05) is 11.1 Å². The molecular weight excluding hydrogens is 326 g/mol. The third-order valence-electron chi connectivity index (χ3n) is 3.62. The highest BCUT2D eigenvalue weighted by molar-refractivity contribution is 7.92. The first kappa shape index (κ1) is 20.2. The Labute approximate surface area is 145 Å². The van der Waals surface area contributed by atoms with Crippen LogP contribution in [-0.2, 0) is 14.8 Å². The van der Waals surface area contributed by atoms with Gasteiger partial charge in [0.05, 0.1) is 11.9 Å². The van der Waals surface area contributed by atoms with Crippen LogP contribution in [0.25, 0.3) is 0 Å². The average Bonchev–Trinajstić information content (AvgIpc) is 2.38. The van der Waals surface area contributed by atoms with Gasteiger partial charge in [0.25, 0.3) is 5.91 Å². The SMILES string of the molecule is C/C(=N/NC(=O)CN(c1cc(C)cc(C)c1)S(C)(=O)=O)C(C)(C)C. The number of carbonyl (C=O) groups excluding carboxylic acids is 1. The van der Waals surface area contributed by atoms with E-state index >= 15 is 0 Å². The van der Waals surface area contributed by atoms with Crippen LogP contribution in [0.15, 0.2) is 23.3 Å². The van der Waals surface area contributed by atoms with Crippen molar-refractivity contribution < 1.29 is 13.2 Å². The zero-order valence-corrected chi connectivity index (χ0v) is 16.3. The number of rotatable bonds is 5. The number of hydrogen-bond donors (Lipinski definition) is 1. The molecule has 0 unspecified atom stereocenters. The fourth-order valence-electron chi connectivity index (χ4n) is 1.97. The van der Waals surface area contributed by atoms with E-state index < -0.39 is 15.9 Å². The van der Waals surface area contributed by atoms with E-state index in [4.69, 9.17) is 0 Å². The van der Waals surface area contributed by atoms with Crippen LogP contribution in [0.5, 0.6) is 0 Å². The Morgan fingerprint density at radius 1 is 1.17 bits per heavy atom. The number of hydrogen-bond acceptors (Lipinski definition) is 4. The smallest absolute Gasteiger partial charge is 0.260 e. The van der Waals surface area contributed by atoms with Gasteiger partial charge in [-0.2, -0.15) is 5.10 Å². The van der Waals surface area contributed by atoms with Gasteiger partial charge in [0.2, 0.25) is 10.0 Å². The van der Waals surface area contributed by atoms with Crippen LogP contribution < -0.4 is 9.73 Å². The standard InChI is InChI=1S/C17H27N3O3S/c1-12-8-13(2)10-15(9-12)20(24(7,22)23)11-16(21)19-18-14(3)17(4,5)6/h8-10H,11H2,1-7H3,(H,19,21)/b18-14-. The Morgan fingerprint density at radius 3 is 2.08 bits per heavy atom. The first-order valence-corrected chi connectivity index (χ1v) is 9.55. The number of aryl methyl sites for hydroxylation is 2. The van der Waals surface area contributed by atoms with Gasteiger partial charge in [-0.1, -0.05) is 26.8 Å². The van der Waals surface area contributed by atoms with E-state index in [1.165, 1.54) is 0 Å². The highest BCUT2D eigenvalue weighted by Gasteiger charge is 2.22. The van der Waals surface area contributed by atoms with Crippen LogP contribution in [0.3, 0.4) is 0 Å². The van der Waals surface area contributed by atoms with E-state index in [-0.39, 0.29) is 12.0 Å². The highest BCUT2D eigenvalue weighted by atomic mass is 32.2. The quantitative estimate of drug-likeness (QED) is 0.653. The normalized spacial score (nSPS) is 12.9. The molecule has 24 heavy (non-hydrogen) atoms. The lowest BCUT2D eigenvalue weighted by Crippen LogP contribution is -2.39. The van der Waals surface area contributed by atoms with Crippen molar-refractivity contribution in [3.05, 3.63) is 29.3 Å². The molecule has 0 saturated carbocycles. The van der Waals surface area contributed by atoms with E-state index in [1.54, 1.807) is 12.1 Å². The summed E-state index contributed by atoms with van der Waals surface area (Å²) in [6.07, 6.45) is 1.08. The second kappa shape index (κ2) is 7.34.